The molecule has 0 fully saturated rings. The van der Waals surface area contributed by atoms with Crippen molar-refractivity contribution in [3.05, 3.63) is 170 Å². The van der Waals surface area contributed by atoms with Crippen LogP contribution in [0.2, 0.25) is 0 Å². The van der Waals surface area contributed by atoms with E-state index in [0.29, 0.717) is 0 Å². The van der Waals surface area contributed by atoms with Crippen LogP contribution >= 0.6 is 0 Å². The van der Waals surface area contributed by atoms with E-state index in [9.17, 15) is 0 Å². The second-order valence-electron chi connectivity index (χ2n) is 11.8. The lowest BCUT2D eigenvalue weighted by molar-refractivity contribution is 1.37. The lowest BCUT2D eigenvalue weighted by Gasteiger charge is -2.19. The van der Waals surface area contributed by atoms with Gasteiger partial charge in [0.1, 0.15) is 0 Å². The molecule has 2 heterocycles. The topological polar surface area (TPSA) is 25.8 Å². The minimum atomic E-state index is 0.930. The fourth-order valence-corrected chi connectivity index (χ4v) is 6.94. The molecule has 0 saturated carbocycles. The van der Waals surface area contributed by atoms with Crippen LogP contribution in [0.4, 0.5) is 0 Å². The first-order chi connectivity index (χ1) is 22.8. The van der Waals surface area contributed by atoms with Crippen molar-refractivity contribution in [2.24, 2.45) is 0 Å². The van der Waals surface area contributed by atoms with Crippen molar-refractivity contribution in [2.75, 3.05) is 0 Å². The Bertz CT molecular complexity index is 2560. The first kappa shape index (κ1) is 26.3. The minimum absolute atomic E-state index is 0.930. The summed E-state index contributed by atoms with van der Waals surface area (Å²) in [6.45, 7) is 0. The van der Waals surface area contributed by atoms with Gasteiger partial charge in [-0.25, -0.2) is 0 Å². The number of pyridine rings is 2. The zero-order valence-electron chi connectivity index (χ0n) is 25.1. The lowest BCUT2D eigenvalue weighted by atomic mass is 9.84. The zero-order chi connectivity index (χ0) is 30.5. The summed E-state index contributed by atoms with van der Waals surface area (Å²) in [5, 5.41) is 7.13. The summed E-state index contributed by atoms with van der Waals surface area (Å²) in [5.41, 5.74) is 11.4. The molecule has 0 amide bonds. The lowest BCUT2D eigenvalue weighted by Crippen LogP contribution is -1.93. The maximum Gasteiger partial charge on any atom is 0.0964 e. The molecule has 0 unspecified atom stereocenters. The van der Waals surface area contributed by atoms with Crippen LogP contribution in [0.25, 0.3) is 87.9 Å². The highest BCUT2D eigenvalue weighted by molar-refractivity contribution is 6.22. The van der Waals surface area contributed by atoms with E-state index in [0.717, 1.165) is 32.9 Å². The van der Waals surface area contributed by atoms with Crippen LogP contribution in [0, 0.1) is 0 Å². The van der Waals surface area contributed by atoms with Crippen molar-refractivity contribution in [1.29, 1.82) is 0 Å². The van der Waals surface area contributed by atoms with E-state index in [4.69, 9.17) is 4.98 Å². The van der Waals surface area contributed by atoms with E-state index in [-0.39, 0.29) is 0 Å². The van der Waals surface area contributed by atoms with Crippen LogP contribution in [-0.2, 0) is 0 Å². The quantitative estimate of drug-likeness (QED) is 0.152. The average molecular weight is 585 g/mol. The van der Waals surface area contributed by atoms with Crippen LogP contribution < -0.4 is 0 Å². The van der Waals surface area contributed by atoms with Crippen LogP contribution in [0.15, 0.2) is 170 Å². The molecular weight excluding hydrogens is 556 g/mol. The van der Waals surface area contributed by atoms with E-state index >= 15 is 0 Å². The molecule has 0 radical (unpaired) electrons. The van der Waals surface area contributed by atoms with E-state index in [1.807, 2.05) is 18.5 Å². The maximum absolute atomic E-state index is 4.94. The molecule has 0 saturated heterocycles. The average Bonchev–Trinajstić information content (AvgIpc) is 3.14. The van der Waals surface area contributed by atoms with Crippen molar-refractivity contribution in [1.82, 2.24) is 9.97 Å². The maximum atomic E-state index is 4.94. The third-order valence-electron chi connectivity index (χ3n) is 9.10. The molecule has 7 aromatic carbocycles. The third kappa shape index (κ3) is 4.35. The van der Waals surface area contributed by atoms with E-state index in [1.54, 1.807) is 0 Å². The number of benzene rings is 7. The Labute approximate surface area is 267 Å². The Hall–Kier alpha value is -6.12. The van der Waals surface area contributed by atoms with Gasteiger partial charge in [-0.3, -0.25) is 9.97 Å². The summed E-state index contributed by atoms with van der Waals surface area (Å²) in [6.07, 6.45) is 3.83. The Kier molecular flexibility index (Phi) is 6.17. The molecule has 9 aromatic rings. The van der Waals surface area contributed by atoms with Crippen molar-refractivity contribution in [3.8, 4) is 44.5 Å². The van der Waals surface area contributed by atoms with E-state index < -0.39 is 0 Å². The van der Waals surface area contributed by atoms with Crippen LogP contribution in [-0.4, -0.2) is 9.97 Å². The molecule has 214 valence electrons. The van der Waals surface area contributed by atoms with E-state index in [2.05, 4.69) is 157 Å². The van der Waals surface area contributed by atoms with Crippen molar-refractivity contribution < 1.29 is 0 Å². The SMILES string of the molecule is c1ccc(-c2ccc3c(-c4ccccc4)c4cc(-c5cnc6c(ccc7cccnc76)c5)ccc4c(-c4ccccc4)c3c2)cc1. The van der Waals surface area contributed by atoms with Crippen LogP contribution in [0.1, 0.15) is 0 Å². The largest absolute Gasteiger partial charge is 0.254 e. The number of rotatable bonds is 4. The highest BCUT2D eigenvalue weighted by atomic mass is 14.7. The van der Waals surface area contributed by atoms with E-state index in [1.165, 1.54) is 54.9 Å². The number of hydrogen-bond donors (Lipinski definition) is 0. The Morgan fingerprint density at radius 3 is 1.43 bits per heavy atom. The predicted molar refractivity (Wildman–Crippen MR) is 194 cm³/mol. The minimum Gasteiger partial charge on any atom is -0.254 e. The fraction of sp³-hybridized carbons (Fsp3) is 0. The molecule has 0 aliphatic carbocycles. The summed E-state index contributed by atoms with van der Waals surface area (Å²) in [5.74, 6) is 0. The number of fused-ring (bicyclic) bond motifs is 5. The highest BCUT2D eigenvalue weighted by Gasteiger charge is 2.18. The standard InChI is InChI=1S/C44H28N2/c1-4-11-29(12-5-1)33-20-22-37-39(26-33)41(30-13-6-2-7-14-30)38-23-21-34(27-40(38)42(37)31-15-8-3-9-16-31)36-25-35-19-18-32-17-10-24-45-43(32)44(35)46-28-36/h1-28H. The van der Waals surface area contributed by atoms with Crippen molar-refractivity contribution in [2.45, 2.75) is 0 Å². The van der Waals surface area contributed by atoms with Gasteiger partial charge in [-0.15, -0.1) is 0 Å². The summed E-state index contributed by atoms with van der Waals surface area (Å²) >= 11 is 0. The molecule has 0 N–H and O–H groups in total. The molecule has 46 heavy (non-hydrogen) atoms. The highest BCUT2D eigenvalue weighted by Crippen LogP contribution is 2.46. The van der Waals surface area contributed by atoms with Gasteiger partial charge in [0.2, 0.25) is 0 Å². The molecule has 0 aliphatic heterocycles. The van der Waals surface area contributed by atoms with Crippen molar-refractivity contribution >= 4 is 43.4 Å². The van der Waals surface area contributed by atoms with Gasteiger partial charge in [-0.1, -0.05) is 133 Å². The molecule has 2 nitrogen and oxygen atoms in total. The monoisotopic (exact) mass is 584 g/mol. The molecular formula is C44H28N2. The van der Waals surface area contributed by atoms with Gasteiger partial charge in [-0.05, 0) is 84.8 Å². The number of nitrogens with zero attached hydrogens (tertiary/aromatic N) is 2. The van der Waals surface area contributed by atoms with Gasteiger partial charge in [0, 0.05) is 28.7 Å². The molecule has 0 bridgehead atoms. The van der Waals surface area contributed by atoms with Crippen LogP contribution in [0.5, 0.6) is 0 Å². The third-order valence-corrected chi connectivity index (χ3v) is 9.10. The summed E-state index contributed by atoms with van der Waals surface area (Å²) in [7, 11) is 0. The molecule has 0 atom stereocenters. The van der Waals surface area contributed by atoms with Gasteiger partial charge in [0.25, 0.3) is 0 Å². The summed E-state index contributed by atoms with van der Waals surface area (Å²) in [6, 6.07) is 56.7. The van der Waals surface area contributed by atoms with Gasteiger partial charge in [-0.2, -0.15) is 0 Å². The second kappa shape index (κ2) is 10.8. The predicted octanol–water partition coefficient (Wildman–Crippen LogP) is 11.8. The van der Waals surface area contributed by atoms with Gasteiger partial charge < -0.3 is 0 Å². The summed E-state index contributed by atoms with van der Waals surface area (Å²) < 4.78 is 0. The molecule has 9 rings (SSSR count). The molecule has 0 spiro atoms. The van der Waals surface area contributed by atoms with Gasteiger partial charge in [0.15, 0.2) is 0 Å². The number of aromatic nitrogens is 2. The first-order valence-electron chi connectivity index (χ1n) is 15.7. The fourth-order valence-electron chi connectivity index (χ4n) is 6.94. The normalized spacial score (nSPS) is 11.5. The van der Waals surface area contributed by atoms with Crippen molar-refractivity contribution in [3.63, 3.8) is 0 Å². The Morgan fingerprint density at radius 1 is 0.304 bits per heavy atom. The Balaban J connectivity index is 1.35. The van der Waals surface area contributed by atoms with Crippen LogP contribution in [0.3, 0.4) is 0 Å². The van der Waals surface area contributed by atoms with Gasteiger partial charge in [0.05, 0.1) is 11.0 Å². The molecule has 2 heteroatoms. The zero-order valence-corrected chi connectivity index (χ0v) is 25.1. The molecule has 2 aromatic heterocycles. The smallest absolute Gasteiger partial charge is 0.0964 e. The Morgan fingerprint density at radius 2 is 0.826 bits per heavy atom. The second-order valence-corrected chi connectivity index (χ2v) is 11.8. The summed E-state index contributed by atoms with van der Waals surface area (Å²) in [4.78, 5) is 9.57. The number of hydrogen-bond acceptors (Lipinski definition) is 2. The molecule has 0 aliphatic rings. The first-order valence-corrected chi connectivity index (χ1v) is 15.7. The van der Waals surface area contributed by atoms with Gasteiger partial charge >= 0.3 is 0 Å².